The van der Waals surface area contributed by atoms with Gasteiger partial charge in [-0.25, -0.2) is 8.42 Å². The Hall–Kier alpha value is -2.00. The third-order valence-corrected chi connectivity index (χ3v) is 5.27. The molecule has 2 N–H and O–H groups in total. The highest BCUT2D eigenvalue weighted by Crippen LogP contribution is 2.25. The second-order valence-electron chi connectivity index (χ2n) is 7.08. The predicted molar refractivity (Wildman–Crippen MR) is 113 cm³/mol. The Morgan fingerprint density at radius 1 is 1.24 bits per heavy atom. The molecule has 7 nitrogen and oxygen atoms in total. The van der Waals surface area contributed by atoms with Crippen LogP contribution < -0.4 is 14.2 Å². The van der Waals surface area contributed by atoms with Crippen molar-refractivity contribution in [3.05, 3.63) is 53.6 Å². The molecule has 1 aliphatic rings. The van der Waals surface area contributed by atoms with Crippen LogP contribution in [-0.2, 0) is 10.0 Å². The molecule has 2 unspecified atom stereocenters. The zero-order valence-corrected chi connectivity index (χ0v) is 17.7. The molecule has 1 saturated heterocycles. The number of hydrogen-bond donors (Lipinski definition) is 2. The largest absolute Gasteiger partial charge is 0.489 e. The lowest BCUT2D eigenvalue weighted by molar-refractivity contribution is 0.0723. The van der Waals surface area contributed by atoms with E-state index in [0.29, 0.717) is 29.5 Å². The highest BCUT2D eigenvalue weighted by Gasteiger charge is 2.26. The number of nitrogens with one attached hydrogen (secondary N) is 1. The number of aliphatic hydroxyl groups excluding tert-OH is 1. The van der Waals surface area contributed by atoms with Crippen LogP contribution in [0.2, 0.25) is 5.02 Å². The second-order valence-corrected chi connectivity index (χ2v) is 9.26. The first kappa shape index (κ1) is 21.7. The van der Waals surface area contributed by atoms with Crippen LogP contribution in [0.25, 0.3) is 0 Å². The van der Waals surface area contributed by atoms with Crippen LogP contribution in [0, 0.1) is 0 Å². The number of sulfonamides is 1. The molecule has 0 bridgehead atoms. The zero-order valence-electron chi connectivity index (χ0n) is 16.1. The van der Waals surface area contributed by atoms with Crippen LogP contribution in [0.15, 0.2) is 48.5 Å². The van der Waals surface area contributed by atoms with E-state index in [0.717, 1.165) is 25.0 Å². The average Bonchev–Trinajstić information content (AvgIpc) is 3.08. The van der Waals surface area contributed by atoms with Crippen LogP contribution >= 0.6 is 11.6 Å². The number of anilines is 1. The molecule has 2 aromatic carbocycles. The molecular formula is C20H25ClN2O5S. The Kier molecular flexibility index (Phi) is 7.23. The van der Waals surface area contributed by atoms with Crippen molar-refractivity contribution in [2.24, 2.45) is 0 Å². The molecule has 1 heterocycles. The van der Waals surface area contributed by atoms with Crippen LogP contribution in [0.5, 0.6) is 11.5 Å². The van der Waals surface area contributed by atoms with Gasteiger partial charge in [0.15, 0.2) is 0 Å². The van der Waals surface area contributed by atoms with Gasteiger partial charge in [-0.15, -0.1) is 0 Å². The van der Waals surface area contributed by atoms with E-state index in [1.807, 2.05) is 12.1 Å². The number of aliphatic hydroxyl groups is 1. The van der Waals surface area contributed by atoms with Crippen LogP contribution in [0.4, 0.5) is 5.69 Å². The van der Waals surface area contributed by atoms with Gasteiger partial charge in [0.25, 0.3) is 0 Å². The Morgan fingerprint density at radius 3 is 2.69 bits per heavy atom. The van der Waals surface area contributed by atoms with E-state index in [-0.39, 0.29) is 12.7 Å². The third kappa shape index (κ3) is 7.08. The van der Waals surface area contributed by atoms with Gasteiger partial charge in [-0.1, -0.05) is 23.7 Å². The standard InChI is InChI=1S/C20H25ClN2O5S/c1-29(25,26)22-19-4-2-3-5-20(19)27-14-16(24)12-23-11-10-18(13-23)28-17-8-6-15(21)7-9-17/h2-9,16,18,22,24H,10-14H2,1H3. The molecular weight excluding hydrogens is 416 g/mol. The molecule has 0 saturated carbocycles. The summed E-state index contributed by atoms with van der Waals surface area (Å²) in [5.41, 5.74) is 0.347. The predicted octanol–water partition coefficient (Wildman–Crippen LogP) is 2.60. The van der Waals surface area contributed by atoms with Crippen molar-refractivity contribution < 1.29 is 23.0 Å². The van der Waals surface area contributed by atoms with E-state index in [2.05, 4.69) is 9.62 Å². The van der Waals surface area contributed by atoms with Crippen molar-refractivity contribution in [1.82, 2.24) is 4.90 Å². The molecule has 1 aliphatic heterocycles. The lowest BCUT2D eigenvalue weighted by Crippen LogP contribution is -2.35. The van der Waals surface area contributed by atoms with Gasteiger partial charge >= 0.3 is 0 Å². The van der Waals surface area contributed by atoms with Crippen molar-refractivity contribution in [3.8, 4) is 11.5 Å². The fourth-order valence-corrected chi connectivity index (χ4v) is 3.87. The van der Waals surface area contributed by atoms with Gasteiger partial charge in [0.2, 0.25) is 10.0 Å². The minimum absolute atomic E-state index is 0.0572. The summed E-state index contributed by atoms with van der Waals surface area (Å²) in [6.07, 6.45) is 1.30. The number of rotatable bonds is 9. The number of β-amino-alcohol motifs (C(OH)–C–C–N with tert-alkyl or cyclic N) is 1. The number of halogens is 1. The number of nitrogens with zero attached hydrogens (tertiary/aromatic N) is 1. The fourth-order valence-electron chi connectivity index (χ4n) is 3.18. The quantitative estimate of drug-likeness (QED) is 0.623. The first-order chi connectivity index (χ1) is 13.8. The highest BCUT2D eigenvalue weighted by atomic mass is 35.5. The SMILES string of the molecule is CS(=O)(=O)Nc1ccccc1OCC(O)CN1CCC(Oc2ccc(Cl)cc2)C1. The van der Waals surface area contributed by atoms with Gasteiger partial charge in [0.1, 0.15) is 30.3 Å². The van der Waals surface area contributed by atoms with E-state index in [1.54, 1.807) is 36.4 Å². The third-order valence-electron chi connectivity index (χ3n) is 4.43. The van der Waals surface area contributed by atoms with Crippen molar-refractivity contribution in [1.29, 1.82) is 0 Å². The first-order valence-electron chi connectivity index (χ1n) is 9.31. The molecule has 158 valence electrons. The maximum atomic E-state index is 11.5. The summed E-state index contributed by atoms with van der Waals surface area (Å²) >= 11 is 5.89. The molecule has 0 aliphatic carbocycles. The monoisotopic (exact) mass is 440 g/mol. The molecule has 1 fully saturated rings. The van der Waals surface area contributed by atoms with E-state index in [4.69, 9.17) is 21.1 Å². The van der Waals surface area contributed by atoms with Crippen LogP contribution in [0.1, 0.15) is 6.42 Å². The Balaban J connectivity index is 1.46. The maximum absolute atomic E-state index is 11.5. The molecule has 0 spiro atoms. The van der Waals surface area contributed by atoms with Crippen molar-refractivity contribution in [2.45, 2.75) is 18.6 Å². The fraction of sp³-hybridized carbons (Fsp3) is 0.400. The lowest BCUT2D eigenvalue weighted by Gasteiger charge is -2.21. The average molecular weight is 441 g/mol. The van der Waals surface area contributed by atoms with E-state index in [9.17, 15) is 13.5 Å². The van der Waals surface area contributed by atoms with Crippen molar-refractivity contribution in [3.63, 3.8) is 0 Å². The lowest BCUT2D eigenvalue weighted by atomic mass is 10.3. The summed E-state index contributed by atoms with van der Waals surface area (Å²) < 4.78 is 36.9. The van der Waals surface area contributed by atoms with Gasteiger partial charge in [-0.3, -0.25) is 9.62 Å². The van der Waals surface area contributed by atoms with Gasteiger partial charge in [-0.05, 0) is 42.8 Å². The topological polar surface area (TPSA) is 88.1 Å². The number of likely N-dealkylation sites (tertiary alicyclic amines) is 1. The number of benzene rings is 2. The van der Waals surface area contributed by atoms with Gasteiger partial charge < -0.3 is 14.6 Å². The molecule has 9 heteroatoms. The van der Waals surface area contributed by atoms with E-state index in [1.165, 1.54) is 0 Å². The second kappa shape index (κ2) is 9.67. The molecule has 29 heavy (non-hydrogen) atoms. The molecule has 3 rings (SSSR count). The smallest absolute Gasteiger partial charge is 0.229 e. The molecule has 0 radical (unpaired) electrons. The summed E-state index contributed by atoms with van der Waals surface area (Å²) in [7, 11) is -3.41. The van der Waals surface area contributed by atoms with Crippen LogP contribution in [-0.4, -0.2) is 63.1 Å². The van der Waals surface area contributed by atoms with Gasteiger partial charge in [0, 0.05) is 24.7 Å². The first-order valence-corrected chi connectivity index (χ1v) is 11.6. The minimum atomic E-state index is -3.41. The van der Waals surface area contributed by atoms with Crippen molar-refractivity contribution >= 4 is 27.3 Å². The van der Waals surface area contributed by atoms with Gasteiger partial charge in [-0.2, -0.15) is 0 Å². The maximum Gasteiger partial charge on any atom is 0.229 e. The summed E-state index contributed by atoms with van der Waals surface area (Å²) in [6.45, 7) is 2.04. The number of para-hydroxylation sites is 2. The number of ether oxygens (including phenoxy) is 2. The molecule has 2 aromatic rings. The zero-order chi connectivity index (χ0) is 20.9. The minimum Gasteiger partial charge on any atom is -0.489 e. The summed E-state index contributed by atoms with van der Waals surface area (Å²) in [6, 6.07) is 14.0. The van der Waals surface area contributed by atoms with Crippen molar-refractivity contribution in [2.75, 3.05) is 37.2 Å². The number of hydrogen-bond acceptors (Lipinski definition) is 6. The summed E-state index contributed by atoms with van der Waals surface area (Å²) in [5.74, 6) is 1.16. The molecule has 2 atom stereocenters. The Bertz CT molecular complexity index is 907. The highest BCUT2D eigenvalue weighted by molar-refractivity contribution is 7.92. The van der Waals surface area contributed by atoms with E-state index < -0.39 is 16.1 Å². The Morgan fingerprint density at radius 2 is 1.97 bits per heavy atom. The molecule has 0 aromatic heterocycles. The molecule has 0 amide bonds. The summed E-state index contributed by atoms with van der Waals surface area (Å²) in [4.78, 5) is 2.12. The van der Waals surface area contributed by atoms with Crippen LogP contribution in [0.3, 0.4) is 0 Å². The van der Waals surface area contributed by atoms with Gasteiger partial charge in [0.05, 0.1) is 11.9 Å². The summed E-state index contributed by atoms with van der Waals surface area (Å²) in [5, 5.41) is 11.0. The normalized spacial score (nSPS) is 18.4. The Labute approximate surface area is 176 Å². The van der Waals surface area contributed by atoms with E-state index >= 15 is 0 Å².